The molecular formula is C13H18N2O3S. The number of nitrogens with two attached hydrogens (primary N) is 2. The van der Waals surface area contributed by atoms with Gasteiger partial charge in [-0.2, -0.15) is 0 Å². The van der Waals surface area contributed by atoms with Gasteiger partial charge in [0.2, 0.25) is 5.91 Å². The largest absolute Gasteiger partial charge is 0.459 e. The van der Waals surface area contributed by atoms with E-state index in [1.165, 1.54) is 17.8 Å². The average Bonchev–Trinajstić information content (AvgIpc) is 2.24. The fourth-order valence-electron chi connectivity index (χ4n) is 1.37. The summed E-state index contributed by atoms with van der Waals surface area (Å²) in [5.41, 5.74) is 11.1. The molecule has 0 unspecified atom stereocenters. The Morgan fingerprint density at radius 1 is 1.32 bits per heavy atom. The third-order valence-corrected chi connectivity index (χ3v) is 3.08. The molecule has 0 saturated heterocycles. The third kappa shape index (κ3) is 5.21. The molecule has 0 heterocycles. The van der Waals surface area contributed by atoms with Crippen molar-refractivity contribution in [1.82, 2.24) is 0 Å². The lowest BCUT2D eigenvalue weighted by atomic mass is 10.2. The summed E-state index contributed by atoms with van der Waals surface area (Å²) >= 11 is 1.20. The summed E-state index contributed by atoms with van der Waals surface area (Å²) in [7, 11) is 0. The molecular weight excluding hydrogens is 264 g/mol. The van der Waals surface area contributed by atoms with Crippen molar-refractivity contribution < 1.29 is 14.3 Å². The Balaban J connectivity index is 2.73. The highest BCUT2D eigenvalue weighted by Crippen LogP contribution is 2.25. The van der Waals surface area contributed by atoms with E-state index in [4.69, 9.17) is 16.2 Å². The molecule has 6 heteroatoms. The second-order valence-electron chi connectivity index (χ2n) is 4.99. The lowest BCUT2D eigenvalue weighted by molar-refractivity contribution is -0.151. The highest BCUT2D eigenvalue weighted by molar-refractivity contribution is 8.00. The van der Waals surface area contributed by atoms with E-state index >= 15 is 0 Å². The first-order valence-corrected chi connectivity index (χ1v) is 6.71. The van der Waals surface area contributed by atoms with Crippen LogP contribution in [0.25, 0.3) is 0 Å². The molecule has 0 fully saturated rings. The number of primary amides is 1. The molecule has 0 spiro atoms. The zero-order valence-electron chi connectivity index (χ0n) is 11.2. The monoisotopic (exact) mass is 282 g/mol. The smallest absolute Gasteiger partial charge is 0.316 e. The van der Waals surface area contributed by atoms with Gasteiger partial charge >= 0.3 is 5.97 Å². The Kier molecular flexibility index (Phi) is 4.83. The number of hydrogen-bond donors (Lipinski definition) is 2. The van der Waals surface area contributed by atoms with Crippen LogP contribution in [0.4, 0.5) is 5.69 Å². The third-order valence-electron chi connectivity index (χ3n) is 2.03. The molecule has 19 heavy (non-hydrogen) atoms. The molecule has 0 radical (unpaired) electrons. The molecule has 1 aromatic rings. The van der Waals surface area contributed by atoms with Crippen molar-refractivity contribution in [3.8, 4) is 0 Å². The summed E-state index contributed by atoms with van der Waals surface area (Å²) in [4.78, 5) is 23.5. The Labute approximate surface area is 116 Å². The Morgan fingerprint density at radius 2 is 1.95 bits per heavy atom. The van der Waals surface area contributed by atoms with Gasteiger partial charge in [0, 0.05) is 10.6 Å². The number of rotatable bonds is 4. The van der Waals surface area contributed by atoms with Crippen LogP contribution in [0.3, 0.4) is 0 Å². The van der Waals surface area contributed by atoms with Crippen molar-refractivity contribution >= 4 is 29.3 Å². The van der Waals surface area contributed by atoms with E-state index in [9.17, 15) is 9.59 Å². The van der Waals surface area contributed by atoms with Gasteiger partial charge in [0.25, 0.3) is 0 Å². The second-order valence-corrected chi connectivity index (χ2v) is 6.01. The van der Waals surface area contributed by atoms with Crippen molar-refractivity contribution in [2.45, 2.75) is 31.3 Å². The zero-order chi connectivity index (χ0) is 14.6. The van der Waals surface area contributed by atoms with Gasteiger partial charge in [-0.15, -0.1) is 11.8 Å². The molecule has 5 nitrogen and oxygen atoms in total. The van der Waals surface area contributed by atoms with Crippen molar-refractivity contribution in [1.29, 1.82) is 0 Å². The molecule has 0 saturated carbocycles. The van der Waals surface area contributed by atoms with Gasteiger partial charge in [-0.05, 0) is 39.0 Å². The number of benzene rings is 1. The number of amides is 1. The van der Waals surface area contributed by atoms with E-state index in [-0.39, 0.29) is 11.7 Å². The molecule has 0 aliphatic rings. The van der Waals surface area contributed by atoms with E-state index < -0.39 is 11.5 Å². The molecule has 0 aliphatic heterocycles. The van der Waals surface area contributed by atoms with E-state index in [2.05, 4.69) is 0 Å². The predicted molar refractivity (Wildman–Crippen MR) is 75.9 cm³/mol. The molecule has 104 valence electrons. The van der Waals surface area contributed by atoms with Crippen LogP contribution in [0.2, 0.25) is 0 Å². The van der Waals surface area contributed by atoms with Crippen LogP contribution in [-0.2, 0) is 9.53 Å². The van der Waals surface area contributed by atoms with Gasteiger partial charge in [0.05, 0.1) is 11.3 Å². The SMILES string of the molecule is CC(C)(C)OC(=O)CSc1ccc(N)cc1C(N)=O. The summed E-state index contributed by atoms with van der Waals surface area (Å²) in [5.74, 6) is -0.801. The van der Waals surface area contributed by atoms with E-state index in [0.717, 1.165) is 0 Å². The first-order valence-electron chi connectivity index (χ1n) is 5.73. The number of anilines is 1. The number of carbonyl (C=O) groups is 2. The number of ether oxygens (including phenoxy) is 1. The maximum absolute atomic E-state index is 11.6. The predicted octanol–water partition coefficient (Wildman–Crippen LogP) is 1.80. The van der Waals surface area contributed by atoms with Gasteiger partial charge in [-0.3, -0.25) is 9.59 Å². The molecule has 1 amide bonds. The van der Waals surface area contributed by atoms with Crippen molar-refractivity contribution in [3.05, 3.63) is 23.8 Å². The summed E-state index contributed by atoms with van der Waals surface area (Å²) in [5, 5.41) is 0. The van der Waals surface area contributed by atoms with Crippen LogP contribution in [0.5, 0.6) is 0 Å². The fraction of sp³-hybridized carbons (Fsp3) is 0.385. The molecule has 1 rings (SSSR count). The van der Waals surface area contributed by atoms with Crippen LogP contribution < -0.4 is 11.5 Å². The Hall–Kier alpha value is -1.69. The number of esters is 1. The van der Waals surface area contributed by atoms with Gasteiger partial charge in [-0.1, -0.05) is 0 Å². The molecule has 0 bridgehead atoms. The van der Waals surface area contributed by atoms with Gasteiger partial charge in [0.15, 0.2) is 0 Å². The van der Waals surface area contributed by atoms with Crippen LogP contribution in [0.1, 0.15) is 31.1 Å². The van der Waals surface area contributed by atoms with Crippen LogP contribution in [0, 0.1) is 0 Å². The fourth-order valence-corrected chi connectivity index (χ4v) is 2.19. The summed E-state index contributed by atoms with van der Waals surface area (Å²) in [6.45, 7) is 5.40. The summed E-state index contributed by atoms with van der Waals surface area (Å²) in [6, 6.07) is 4.83. The maximum atomic E-state index is 11.6. The lowest BCUT2D eigenvalue weighted by Gasteiger charge is -2.19. The quantitative estimate of drug-likeness (QED) is 0.499. The minimum atomic E-state index is -0.570. The van der Waals surface area contributed by atoms with Crippen LogP contribution >= 0.6 is 11.8 Å². The van der Waals surface area contributed by atoms with Crippen molar-refractivity contribution in [2.75, 3.05) is 11.5 Å². The zero-order valence-corrected chi connectivity index (χ0v) is 12.0. The maximum Gasteiger partial charge on any atom is 0.316 e. The minimum Gasteiger partial charge on any atom is -0.459 e. The summed E-state index contributed by atoms with van der Waals surface area (Å²) < 4.78 is 5.18. The standard InChI is InChI=1S/C13H18N2O3S/c1-13(2,3)18-11(16)7-19-10-5-4-8(14)6-9(10)12(15)17/h4-6H,7,14H2,1-3H3,(H2,15,17). The van der Waals surface area contributed by atoms with Crippen molar-refractivity contribution in [2.24, 2.45) is 5.73 Å². The molecule has 0 aliphatic carbocycles. The normalized spacial score (nSPS) is 11.1. The lowest BCUT2D eigenvalue weighted by Crippen LogP contribution is -2.25. The average molecular weight is 282 g/mol. The van der Waals surface area contributed by atoms with E-state index in [1.54, 1.807) is 32.9 Å². The second kappa shape index (κ2) is 5.97. The van der Waals surface area contributed by atoms with Crippen LogP contribution in [0.15, 0.2) is 23.1 Å². The van der Waals surface area contributed by atoms with Gasteiger partial charge in [0.1, 0.15) is 5.60 Å². The number of hydrogen-bond acceptors (Lipinski definition) is 5. The van der Waals surface area contributed by atoms with Gasteiger partial charge < -0.3 is 16.2 Å². The molecule has 4 N–H and O–H groups in total. The van der Waals surface area contributed by atoms with E-state index in [0.29, 0.717) is 16.1 Å². The highest BCUT2D eigenvalue weighted by atomic mass is 32.2. The minimum absolute atomic E-state index is 0.113. The van der Waals surface area contributed by atoms with Gasteiger partial charge in [-0.25, -0.2) is 0 Å². The Morgan fingerprint density at radius 3 is 2.47 bits per heavy atom. The highest BCUT2D eigenvalue weighted by Gasteiger charge is 2.17. The molecule has 0 atom stereocenters. The number of thioether (sulfide) groups is 1. The Bertz CT molecular complexity index is 495. The first-order chi connectivity index (χ1) is 8.69. The topological polar surface area (TPSA) is 95.4 Å². The van der Waals surface area contributed by atoms with Crippen LogP contribution in [-0.4, -0.2) is 23.2 Å². The first kappa shape index (κ1) is 15.4. The molecule has 1 aromatic carbocycles. The van der Waals surface area contributed by atoms with Crippen molar-refractivity contribution in [3.63, 3.8) is 0 Å². The summed E-state index contributed by atoms with van der Waals surface area (Å²) in [6.07, 6.45) is 0. The van der Waals surface area contributed by atoms with E-state index in [1.807, 2.05) is 0 Å². The number of nitrogen functional groups attached to an aromatic ring is 1. The molecule has 0 aromatic heterocycles. The number of carbonyl (C=O) groups excluding carboxylic acids is 2.